The predicted octanol–water partition coefficient (Wildman–Crippen LogP) is 5.97. The van der Waals surface area contributed by atoms with Gasteiger partial charge in [-0.05, 0) is 44.0 Å². The monoisotopic (exact) mass is 623 g/mol. The summed E-state index contributed by atoms with van der Waals surface area (Å²) >= 11 is 18.6. The Kier molecular flexibility index (Phi) is 10.5. The molecule has 3 rings (SSSR count). The lowest BCUT2D eigenvalue weighted by Crippen LogP contribution is -2.56. The van der Waals surface area contributed by atoms with Crippen molar-refractivity contribution >= 4 is 62.3 Å². The molecule has 3 aromatic rings. The molecule has 2 amide bonds. The van der Waals surface area contributed by atoms with Crippen molar-refractivity contribution in [1.82, 2.24) is 10.2 Å². The summed E-state index contributed by atoms with van der Waals surface area (Å²) in [5.74, 6) is -0.958. The van der Waals surface area contributed by atoms with E-state index in [1.807, 2.05) is 81.4 Å². The number of carbonyl (C=O) groups excluding carboxylic acids is 2. The molecule has 3 aromatic carbocycles. The quantitative estimate of drug-likeness (QED) is 0.282. The lowest BCUT2D eigenvalue weighted by molar-refractivity contribution is -0.140. The van der Waals surface area contributed by atoms with Crippen LogP contribution in [0.1, 0.15) is 31.9 Å². The average molecular weight is 625 g/mol. The molecule has 0 heterocycles. The predicted molar refractivity (Wildman–Crippen MR) is 162 cm³/mol. The van der Waals surface area contributed by atoms with Gasteiger partial charge in [-0.1, -0.05) is 95.5 Å². The average Bonchev–Trinajstić information content (AvgIpc) is 2.86. The Morgan fingerprint density at radius 3 is 1.90 bits per heavy atom. The van der Waals surface area contributed by atoms with E-state index >= 15 is 0 Å². The summed E-state index contributed by atoms with van der Waals surface area (Å²) < 4.78 is 26.7. The summed E-state index contributed by atoms with van der Waals surface area (Å²) in [4.78, 5) is 29.2. The fourth-order valence-electron chi connectivity index (χ4n) is 4.08. The van der Waals surface area contributed by atoms with Crippen molar-refractivity contribution in [3.8, 4) is 0 Å². The van der Waals surface area contributed by atoms with E-state index in [0.29, 0.717) is 0 Å². The van der Waals surface area contributed by atoms with Crippen LogP contribution >= 0.6 is 34.8 Å². The van der Waals surface area contributed by atoms with E-state index in [2.05, 4.69) is 5.32 Å². The lowest BCUT2D eigenvalue weighted by Gasteiger charge is -2.35. The van der Waals surface area contributed by atoms with Gasteiger partial charge in [-0.3, -0.25) is 13.9 Å². The lowest BCUT2D eigenvalue weighted by atomic mass is 10.0. The Morgan fingerprint density at radius 2 is 1.38 bits per heavy atom. The summed E-state index contributed by atoms with van der Waals surface area (Å²) in [5, 5.41) is 3.21. The van der Waals surface area contributed by atoms with Gasteiger partial charge >= 0.3 is 0 Å². The first-order valence-electron chi connectivity index (χ1n) is 12.5. The molecule has 0 saturated heterocycles. The van der Waals surface area contributed by atoms with Gasteiger partial charge in [0.1, 0.15) is 12.6 Å². The Labute approximate surface area is 251 Å². The van der Waals surface area contributed by atoms with Crippen molar-refractivity contribution in [3.63, 3.8) is 0 Å². The fraction of sp³-hybridized carbons (Fsp3) is 0.310. The largest absolute Gasteiger partial charge is 0.350 e. The van der Waals surface area contributed by atoms with E-state index in [4.69, 9.17) is 34.8 Å². The first kappa shape index (κ1) is 31.7. The Hall–Kier alpha value is -2.78. The van der Waals surface area contributed by atoms with E-state index in [9.17, 15) is 18.0 Å². The van der Waals surface area contributed by atoms with E-state index in [0.717, 1.165) is 21.7 Å². The van der Waals surface area contributed by atoms with Crippen LogP contribution in [0.4, 0.5) is 5.69 Å². The van der Waals surface area contributed by atoms with Crippen LogP contribution < -0.4 is 9.62 Å². The van der Waals surface area contributed by atoms with Gasteiger partial charge in [0.25, 0.3) is 0 Å². The molecule has 214 valence electrons. The SMILES string of the molecule is CC(C)(C)NC(=O)[C@@H](Cc1ccccc1)N(Cc1ccccc1)C(=O)CN(c1cc(Cl)c(Cl)cc1Cl)S(C)(=O)=O. The summed E-state index contributed by atoms with van der Waals surface area (Å²) in [5.41, 5.74) is 1.05. The molecule has 0 unspecified atom stereocenters. The zero-order valence-electron chi connectivity index (χ0n) is 22.7. The highest BCUT2D eigenvalue weighted by Crippen LogP contribution is 2.35. The Bertz CT molecular complexity index is 1450. The van der Waals surface area contributed by atoms with Gasteiger partial charge in [-0.25, -0.2) is 8.42 Å². The van der Waals surface area contributed by atoms with Crippen LogP contribution in [0.25, 0.3) is 0 Å². The molecular weight excluding hydrogens is 593 g/mol. The molecule has 0 aromatic heterocycles. The molecule has 0 spiro atoms. The van der Waals surface area contributed by atoms with Crippen LogP contribution in [0, 0.1) is 0 Å². The van der Waals surface area contributed by atoms with Crippen molar-refractivity contribution in [2.24, 2.45) is 0 Å². The number of carbonyl (C=O) groups is 2. The molecule has 1 N–H and O–H groups in total. The van der Waals surface area contributed by atoms with Gasteiger partial charge in [0.05, 0.1) is 27.0 Å². The van der Waals surface area contributed by atoms with Crippen molar-refractivity contribution < 1.29 is 18.0 Å². The normalized spacial score (nSPS) is 12.5. The van der Waals surface area contributed by atoms with Gasteiger partial charge in [0.2, 0.25) is 21.8 Å². The fourth-order valence-corrected chi connectivity index (χ4v) is 5.63. The zero-order chi connectivity index (χ0) is 29.7. The van der Waals surface area contributed by atoms with Crippen molar-refractivity contribution in [2.45, 2.75) is 45.3 Å². The minimum atomic E-state index is -4.01. The zero-order valence-corrected chi connectivity index (χ0v) is 25.8. The maximum absolute atomic E-state index is 14.1. The van der Waals surface area contributed by atoms with Crippen LogP contribution in [0.5, 0.6) is 0 Å². The highest BCUT2D eigenvalue weighted by atomic mass is 35.5. The van der Waals surface area contributed by atoms with E-state index in [1.54, 1.807) is 0 Å². The summed E-state index contributed by atoms with van der Waals surface area (Å²) in [6, 6.07) is 20.2. The molecule has 7 nitrogen and oxygen atoms in total. The molecule has 0 aliphatic heterocycles. The molecule has 0 fully saturated rings. The van der Waals surface area contributed by atoms with Crippen LogP contribution in [0.15, 0.2) is 72.8 Å². The number of rotatable bonds is 10. The molecular formula is C29H32Cl3N3O4S. The number of benzene rings is 3. The van der Waals surface area contributed by atoms with Crippen LogP contribution in [-0.2, 0) is 32.6 Å². The standard InChI is InChI=1S/C29H32Cl3N3O4S/c1-29(2,3)33-28(37)26(15-20-11-7-5-8-12-20)34(18-21-13-9-6-10-14-21)27(36)19-35(40(4,38)39)25-17-23(31)22(30)16-24(25)32/h5-14,16-17,26H,15,18-19H2,1-4H3,(H,33,37)/t26-/m1/s1. The van der Waals surface area contributed by atoms with Gasteiger partial charge in [-0.2, -0.15) is 0 Å². The van der Waals surface area contributed by atoms with Gasteiger partial charge in [0.15, 0.2) is 0 Å². The summed E-state index contributed by atoms with van der Waals surface area (Å²) in [6.07, 6.45) is 1.18. The maximum Gasteiger partial charge on any atom is 0.244 e. The molecule has 11 heteroatoms. The topological polar surface area (TPSA) is 86.8 Å². The number of amides is 2. The molecule has 0 aliphatic carbocycles. The first-order valence-corrected chi connectivity index (χ1v) is 15.5. The third-order valence-corrected chi connectivity index (χ3v) is 8.05. The number of nitrogens with zero attached hydrogens (tertiary/aromatic N) is 2. The minimum Gasteiger partial charge on any atom is -0.350 e. The Morgan fingerprint density at radius 1 is 0.850 bits per heavy atom. The van der Waals surface area contributed by atoms with Crippen LogP contribution in [0.3, 0.4) is 0 Å². The van der Waals surface area contributed by atoms with Crippen LogP contribution in [-0.4, -0.2) is 49.5 Å². The minimum absolute atomic E-state index is 0.00494. The maximum atomic E-state index is 14.1. The van der Waals surface area contributed by atoms with Gasteiger partial charge in [0, 0.05) is 18.5 Å². The molecule has 40 heavy (non-hydrogen) atoms. The van der Waals surface area contributed by atoms with E-state index in [1.165, 1.54) is 17.0 Å². The summed E-state index contributed by atoms with van der Waals surface area (Å²) in [6.45, 7) is 5.02. The van der Waals surface area contributed by atoms with Crippen LogP contribution in [0.2, 0.25) is 15.1 Å². The van der Waals surface area contributed by atoms with Crippen molar-refractivity contribution in [3.05, 3.63) is 99.0 Å². The highest BCUT2D eigenvalue weighted by Gasteiger charge is 2.34. The second-order valence-electron chi connectivity index (χ2n) is 10.4. The molecule has 0 bridgehead atoms. The Balaban J connectivity index is 2.09. The smallest absolute Gasteiger partial charge is 0.244 e. The third-order valence-electron chi connectivity index (χ3n) is 5.90. The number of halogens is 3. The van der Waals surface area contributed by atoms with Gasteiger partial charge in [-0.15, -0.1) is 0 Å². The number of sulfonamides is 1. The summed E-state index contributed by atoms with van der Waals surface area (Å²) in [7, 11) is -4.01. The highest BCUT2D eigenvalue weighted by molar-refractivity contribution is 7.92. The van der Waals surface area contributed by atoms with E-state index < -0.39 is 34.1 Å². The second-order valence-corrected chi connectivity index (χ2v) is 13.6. The first-order chi connectivity index (χ1) is 18.7. The number of nitrogens with one attached hydrogen (secondary N) is 1. The number of hydrogen-bond acceptors (Lipinski definition) is 4. The molecule has 0 saturated carbocycles. The third kappa shape index (κ3) is 8.86. The van der Waals surface area contributed by atoms with Gasteiger partial charge < -0.3 is 10.2 Å². The number of hydrogen-bond donors (Lipinski definition) is 1. The van der Waals surface area contributed by atoms with Crippen molar-refractivity contribution in [1.29, 1.82) is 0 Å². The number of anilines is 1. The second kappa shape index (κ2) is 13.3. The van der Waals surface area contributed by atoms with Crippen molar-refractivity contribution in [2.75, 3.05) is 17.1 Å². The molecule has 0 aliphatic rings. The molecule has 0 radical (unpaired) electrons. The van der Waals surface area contributed by atoms with E-state index in [-0.39, 0.29) is 39.6 Å². The molecule has 1 atom stereocenters.